The molecule has 4 heteroatoms. The first-order valence-electron chi connectivity index (χ1n) is 8.41. The first-order valence-corrected chi connectivity index (χ1v) is 8.41. The van der Waals surface area contributed by atoms with Gasteiger partial charge in [-0.15, -0.1) is 0 Å². The van der Waals surface area contributed by atoms with E-state index in [1.54, 1.807) is 30.3 Å². The molecule has 4 nitrogen and oxygen atoms in total. The van der Waals surface area contributed by atoms with Crippen LogP contribution < -0.4 is 5.73 Å². The van der Waals surface area contributed by atoms with Crippen LogP contribution in [0.2, 0.25) is 0 Å². The molecule has 0 radical (unpaired) electrons. The molecule has 0 bridgehead atoms. The SMILES string of the molecule is CC1(C)CC(=O)CC(=Nc2cc(C(=O)c3ccccc3)ccc2N)C1. The Morgan fingerprint density at radius 1 is 1.04 bits per heavy atom. The Kier molecular flexibility index (Phi) is 4.53. The van der Waals surface area contributed by atoms with Crippen molar-refractivity contribution in [3.63, 3.8) is 0 Å². The number of nitrogens with two attached hydrogens (primary N) is 1. The van der Waals surface area contributed by atoms with E-state index in [-0.39, 0.29) is 17.0 Å². The minimum Gasteiger partial charge on any atom is -0.397 e. The molecule has 0 aliphatic heterocycles. The summed E-state index contributed by atoms with van der Waals surface area (Å²) in [6, 6.07) is 14.2. The van der Waals surface area contributed by atoms with E-state index in [0.29, 0.717) is 35.3 Å². The molecule has 1 aliphatic rings. The van der Waals surface area contributed by atoms with E-state index in [4.69, 9.17) is 5.73 Å². The maximum atomic E-state index is 12.6. The van der Waals surface area contributed by atoms with Crippen LogP contribution in [0.25, 0.3) is 0 Å². The van der Waals surface area contributed by atoms with Crippen LogP contribution in [0.5, 0.6) is 0 Å². The number of rotatable bonds is 3. The van der Waals surface area contributed by atoms with Gasteiger partial charge in [0, 0.05) is 29.7 Å². The first kappa shape index (κ1) is 17.1. The molecule has 0 spiro atoms. The number of anilines is 1. The van der Waals surface area contributed by atoms with Gasteiger partial charge in [-0.25, -0.2) is 0 Å². The number of hydrogen-bond acceptors (Lipinski definition) is 4. The molecule has 0 heterocycles. The summed E-state index contributed by atoms with van der Waals surface area (Å²) in [4.78, 5) is 29.2. The minimum atomic E-state index is -0.0829. The van der Waals surface area contributed by atoms with E-state index < -0.39 is 0 Å². The number of carbonyl (C=O) groups excluding carboxylic acids is 2. The molecule has 0 amide bonds. The third kappa shape index (κ3) is 4.02. The molecule has 2 aromatic carbocycles. The predicted molar refractivity (Wildman–Crippen MR) is 100 cm³/mol. The molecule has 25 heavy (non-hydrogen) atoms. The van der Waals surface area contributed by atoms with E-state index in [1.165, 1.54) is 0 Å². The third-order valence-electron chi connectivity index (χ3n) is 4.37. The Bertz CT molecular complexity index is 851. The van der Waals surface area contributed by atoms with Crippen molar-refractivity contribution in [1.29, 1.82) is 0 Å². The second-order valence-corrected chi connectivity index (χ2v) is 7.38. The number of Topliss-reactive ketones (excluding diaryl/α,β-unsaturated/α-hetero) is 1. The average molecular weight is 334 g/mol. The number of hydrogen-bond donors (Lipinski definition) is 1. The molecule has 0 saturated heterocycles. The number of nitrogens with zero attached hydrogens (tertiary/aromatic N) is 1. The fourth-order valence-corrected chi connectivity index (χ4v) is 3.29. The van der Waals surface area contributed by atoms with Crippen molar-refractivity contribution in [2.75, 3.05) is 5.73 Å². The average Bonchev–Trinajstić information content (AvgIpc) is 2.55. The summed E-state index contributed by atoms with van der Waals surface area (Å²) in [5, 5.41) is 0. The van der Waals surface area contributed by atoms with E-state index in [9.17, 15) is 9.59 Å². The van der Waals surface area contributed by atoms with Crippen LogP contribution in [0.4, 0.5) is 11.4 Å². The second-order valence-electron chi connectivity index (χ2n) is 7.38. The van der Waals surface area contributed by atoms with Gasteiger partial charge in [-0.05, 0) is 30.0 Å². The molecular formula is C21H22N2O2. The monoisotopic (exact) mass is 334 g/mol. The zero-order valence-electron chi connectivity index (χ0n) is 14.6. The van der Waals surface area contributed by atoms with Gasteiger partial charge in [0.25, 0.3) is 0 Å². The topological polar surface area (TPSA) is 72.5 Å². The molecule has 1 saturated carbocycles. The van der Waals surface area contributed by atoms with Crippen molar-refractivity contribution in [1.82, 2.24) is 0 Å². The van der Waals surface area contributed by atoms with Crippen molar-refractivity contribution >= 4 is 28.7 Å². The molecule has 1 aliphatic carbocycles. The normalized spacial score (nSPS) is 18.3. The van der Waals surface area contributed by atoms with Crippen molar-refractivity contribution in [2.45, 2.75) is 33.1 Å². The summed E-state index contributed by atoms with van der Waals surface area (Å²) in [7, 11) is 0. The van der Waals surface area contributed by atoms with Gasteiger partial charge in [-0.2, -0.15) is 0 Å². The van der Waals surface area contributed by atoms with Crippen molar-refractivity contribution in [2.24, 2.45) is 10.4 Å². The maximum absolute atomic E-state index is 12.6. The van der Waals surface area contributed by atoms with E-state index >= 15 is 0 Å². The van der Waals surface area contributed by atoms with Crippen LogP contribution in [0.15, 0.2) is 53.5 Å². The van der Waals surface area contributed by atoms with Crippen molar-refractivity contribution in [3.05, 3.63) is 59.7 Å². The zero-order chi connectivity index (χ0) is 18.0. The summed E-state index contributed by atoms with van der Waals surface area (Å²) in [6.07, 6.45) is 1.70. The lowest BCUT2D eigenvalue weighted by atomic mass is 9.76. The quantitative estimate of drug-likeness (QED) is 0.670. The van der Waals surface area contributed by atoms with Gasteiger partial charge >= 0.3 is 0 Å². The van der Waals surface area contributed by atoms with Crippen molar-refractivity contribution < 1.29 is 9.59 Å². The Hall–Kier alpha value is -2.75. The third-order valence-corrected chi connectivity index (χ3v) is 4.37. The molecule has 2 N–H and O–H groups in total. The van der Waals surface area contributed by atoms with Gasteiger partial charge in [-0.1, -0.05) is 44.2 Å². The number of ketones is 2. The van der Waals surface area contributed by atoms with E-state index in [1.807, 2.05) is 18.2 Å². The number of aliphatic imine (C=N–C) groups is 1. The van der Waals surface area contributed by atoms with Gasteiger partial charge in [0.2, 0.25) is 0 Å². The first-order chi connectivity index (χ1) is 11.8. The Morgan fingerprint density at radius 3 is 2.44 bits per heavy atom. The zero-order valence-corrected chi connectivity index (χ0v) is 14.6. The van der Waals surface area contributed by atoms with Crippen LogP contribution >= 0.6 is 0 Å². The minimum absolute atomic E-state index is 0.0675. The predicted octanol–water partition coefficient (Wildman–Crippen LogP) is 4.35. The van der Waals surface area contributed by atoms with Gasteiger partial charge < -0.3 is 5.73 Å². The van der Waals surface area contributed by atoms with Crippen LogP contribution in [-0.4, -0.2) is 17.3 Å². The smallest absolute Gasteiger partial charge is 0.193 e. The van der Waals surface area contributed by atoms with Crippen LogP contribution in [-0.2, 0) is 4.79 Å². The standard InChI is InChI=1S/C21H22N2O2/c1-21(2)12-16(11-17(24)13-21)23-19-10-15(8-9-18(19)22)20(25)14-6-4-3-5-7-14/h3-10H,11-13,22H2,1-2H3. The van der Waals surface area contributed by atoms with Crippen molar-refractivity contribution in [3.8, 4) is 0 Å². The molecule has 0 unspecified atom stereocenters. The fourth-order valence-electron chi connectivity index (χ4n) is 3.29. The molecule has 0 aromatic heterocycles. The van der Waals surface area contributed by atoms with Crippen LogP contribution in [0, 0.1) is 5.41 Å². The second kappa shape index (κ2) is 6.63. The summed E-state index contributed by atoms with van der Waals surface area (Å²) in [5.41, 5.74) is 9.02. The van der Waals surface area contributed by atoms with Gasteiger partial charge in [0.1, 0.15) is 5.78 Å². The summed E-state index contributed by atoms with van der Waals surface area (Å²) in [6.45, 7) is 4.14. The number of benzene rings is 2. The van der Waals surface area contributed by atoms with E-state index in [0.717, 1.165) is 12.1 Å². The molecule has 128 valence electrons. The fraction of sp³-hybridized carbons (Fsp3) is 0.286. The van der Waals surface area contributed by atoms with Gasteiger partial charge in [0.15, 0.2) is 5.78 Å². The molecule has 2 aromatic rings. The highest BCUT2D eigenvalue weighted by Gasteiger charge is 2.30. The molecule has 0 atom stereocenters. The Labute approximate surface area is 147 Å². The Morgan fingerprint density at radius 2 is 1.76 bits per heavy atom. The van der Waals surface area contributed by atoms with Crippen LogP contribution in [0.1, 0.15) is 49.0 Å². The summed E-state index contributed by atoms with van der Waals surface area (Å²) >= 11 is 0. The largest absolute Gasteiger partial charge is 0.397 e. The van der Waals surface area contributed by atoms with Gasteiger partial charge in [0.05, 0.1) is 11.4 Å². The van der Waals surface area contributed by atoms with Crippen LogP contribution in [0.3, 0.4) is 0 Å². The number of nitrogen functional groups attached to an aromatic ring is 1. The molecular weight excluding hydrogens is 312 g/mol. The summed E-state index contributed by atoms with van der Waals surface area (Å²) < 4.78 is 0. The van der Waals surface area contributed by atoms with Gasteiger partial charge in [-0.3, -0.25) is 14.6 Å². The highest BCUT2D eigenvalue weighted by molar-refractivity contribution is 6.10. The number of carbonyl (C=O) groups is 2. The van der Waals surface area contributed by atoms with E-state index in [2.05, 4.69) is 18.8 Å². The molecule has 1 fully saturated rings. The highest BCUT2D eigenvalue weighted by Crippen LogP contribution is 2.34. The maximum Gasteiger partial charge on any atom is 0.193 e. The lowest BCUT2D eigenvalue weighted by Gasteiger charge is -2.29. The summed E-state index contributed by atoms with van der Waals surface area (Å²) in [5.74, 6) is 0.132. The Balaban J connectivity index is 1.94. The molecule has 3 rings (SSSR count). The lowest BCUT2D eigenvalue weighted by molar-refractivity contribution is -0.120. The highest BCUT2D eigenvalue weighted by atomic mass is 16.1. The lowest BCUT2D eigenvalue weighted by Crippen LogP contribution is -2.28.